The van der Waals surface area contributed by atoms with E-state index in [1.54, 1.807) is 44.4 Å². The number of hydrogen-bond acceptors (Lipinski definition) is 8. The van der Waals surface area contributed by atoms with Crippen LogP contribution in [0.1, 0.15) is 60.9 Å². The van der Waals surface area contributed by atoms with E-state index in [1.165, 1.54) is 36.6 Å². The second kappa shape index (κ2) is 16.6. The van der Waals surface area contributed by atoms with Gasteiger partial charge < -0.3 is 29.7 Å². The Morgan fingerprint density at radius 2 is 1.55 bits per heavy atom. The molecule has 1 aliphatic carbocycles. The minimum Gasteiger partial charge on any atom is -0.453 e. The van der Waals surface area contributed by atoms with Crippen LogP contribution in [0.3, 0.4) is 0 Å². The van der Waals surface area contributed by atoms with Gasteiger partial charge >= 0.3 is 6.09 Å². The minimum atomic E-state index is -3.72. The van der Waals surface area contributed by atoms with E-state index in [2.05, 4.69) is 26.1 Å². The summed E-state index contributed by atoms with van der Waals surface area (Å²) in [5.41, 5.74) is 2.25. The molecule has 296 valence electrons. The quantitative estimate of drug-likeness (QED) is 0.237. The van der Waals surface area contributed by atoms with E-state index in [0.29, 0.717) is 17.4 Å². The topological polar surface area (TPSA) is 102 Å². The SMILES string of the molecule is COC(=O)N[C@H]1CCC[C@@H]1[C@](CN1CCC1)(c1cccc(F)c1)C1CCN(C[C@@H]2CCN(c3ccc(S(=O)(=O)c4ccc(C(=O)N(C)C)cc4)cc3)C2)CC1. The molecule has 10 nitrogen and oxygen atoms in total. The van der Waals surface area contributed by atoms with Crippen molar-refractivity contribution in [3.05, 3.63) is 89.7 Å². The third kappa shape index (κ3) is 8.27. The van der Waals surface area contributed by atoms with Gasteiger partial charge in [0.25, 0.3) is 5.91 Å². The molecule has 3 saturated heterocycles. The van der Waals surface area contributed by atoms with Crippen molar-refractivity contribution in [3.63, 3.8) is 0 Å². The molecule has 7 rings (SSSR count). The van der Waals surface area contributed by atoms with E-state index >= 15 is 4.39 Å². The van der Waals surface area contributed by atoms with E-state index in [0.717, 1.165) is 102 Å². The highest BCUT2D eigenvalue weighted by atomic mass is 32.2. The highest BCUT2D eigenvalue weighted by Crippen LogP contribution is 2.51. The van der Waals surface area contributed by atoms with Gasteiger partial charge in [0, 0.05) is 63.0 Å². The number of amides is 2. The van der Waals surface area contributed by atoms with Gasteiger partial charge in [0.2, 0.25) is 9.84 Å². The first-order valence-electron chi connectivity index (χ1n) is 19.9. The number of hydrogen-bond donors (Lipinski definition) is 1. The van der Waals surface area contributed by atoms with Crippen molar-refractivity contribution in [1.82, 2.24) is 20.0 Å². The normalized spacial score (nSPS) is 23.6. The smallest absolute Gasteiger partial charge is 0.407 e. The third-order valence-electron chi connectivity index (χ3n) is 12.9. The lowest BCUT2D eigenvalue weighted by atomic mass is 9.57. The van der Waals surface area contributed by atoms with Crippen LogP contribution in [0.25, 0.3) is 0 Å². The van der Waals surface area contributed by atoms with Crippen molar-refractivity contribution >= 4 is 27.5 Å². The summed E-state index contributed by atoms with van der Waals surface area (Å²) in [6.07, 6.45) is 6.83. The number of benzene rings is 3. The molecule has 1 saturated carbocycles. The second-order valence-electron chi connectivity index (χ2n) is 16.4. The number of likely N-dealkylation sites (tertiary alicyclic amines) is 2. The average Bonchev–Trinajstić information content (AvgIpc) is 3.85. The standard InChI is InChI=1S/C43H56FN5O5S/c1-46(2)41(50)32-11-15-37(16-12-32)55(52,53)38-17-13-36(14-18-38)49-26-19-31(29-49)28-47-24-20-33(21-25-47)43(30-48-22-6-23-48,34-7-4-8-35(44)27-34)39-9-5-10-40(39)45-42(51)54-3/h4,7-8,11-18,27,31,33,39-40H,5-6,9-10,19-26,28-30H2,1-3H3,(H,45,51)/t31-,39-,40-,43-/m0/s1. The zero-order valence-corrected chi connectivity index (χ0v) is 33.3. The first kappa shape index (κ1) is 39.2. The number of rotatable bonds is 12. The summed E-state index contributed by atoms with van der Waals surface area (Å²) in [6, 6.07) is 20.6. The van der Waals surface area contributed by atoms with E-state index < -0.39 is 15.9 Å². The van der Waals surface area contributed by atoms with Crippen molar-refractivity contribution < 1.29 is 27.1 Å². The average molecular weight is 774 g/mol. The molecule has 55 heavy (non-hydrogen) atoms. The molecule has 2 amide bonds. The van der Waals surface area contributed by atoms with Gasteiger partial charge in [0.15, 0.2) is 0 Å². The summed E-state index contributed by atoms with van der Waals surface area (Å²) >= 11 is 0. The maximum absolute atomic E-state index is 15.0. The fourth-order valence-corrected chi connectivity index (χ4v) is 11.2. The Bertz CT molecular complexity index is 1910. The summed E-state index contributed by atoms with van der Waals surface area (Å²) in [5, 5.41) is 3.19. The zero-order chi connectivity index (χ0) is 38.7. The Balaban J connectivity index is 1.00. The van der Waals surface area contributed by atoms with Crippen LogP contribution in [-0.2, 0) is 20.0 Å². The molecule has 0 spiro atoms. The van der Waals surface area contributed by atoms with Gasteiger partial charge in [-0.1, -0.05) is 18.6 Å². The maximum atomic E-state index is 15.0. The van der Waals surface area contributed by atoms with Crippen molar-refractivity contribution in [2.75, 3.05) is 78.5 Å². The van der Waals surface area contributed by atoms with Crippen LogP contribution < -0.4 is 10.2 Å². The monoisotopic (exact) mass is 773 g/mol. The number of carbonyl (C=O) groups is 2. The Kier molecular flexibility index (Phi) is 11.9. The fraction of sp³-hybridized carbons (Fsp3) is 0.535. The van der Waals surface area contributed by atoms with Gasteiger partial charge in [-0.15, -0.1) is 0 Å². The molecule has 4 aliphatic rings. The number of methoxy groups -OCH3 is 1. The predicted octanol–water partition coefficient (Wildman–Crippen LogP) is 6.07. The van der Waals surface area contributed by atoms with Crippen molar-refractivity contribution in [2.24, 2.45) is 17.8 Å². The second-order valence-corrected chi connectivity index (χ2v) is 18.3. The number of sulfone groups is 1. The molecule has 0 radical (unpaired) electrons. The van der Waals surface area contributed by atoms with Crippen LogP contribution in [0, 0.1) is 23.6 Å². The number of alkyl carbamates (subject to hydrolysis) is 1. The molecule has 3 heterocycles. The fourth-order valence-electron chi connectivity index (χ4n) is 9.96. The minimum absolute atomic E-state index is 0.0137. The Morgan fingerprint density at radius 1 is 0.855 bits per heavy atom. The van der Waals surface area contributed by atoms with E-state index in [4.69, 9.17) is 4.74 Å². The van der Waals surface area contributed by atoms with Gasteiger partial charge in [-0.2, -0.15) is 0 Å². The molecule has 0 bridgehead atoms. The molecular weight excluding hydrogens is 718 g/mol. The van der Waals surface area contributed by atoms with Gasteiger partial charge in [0.1, 0.15) is 5.82 Å². The van der Waals surface area contributed by atoms with E-state index in [9.17, 15) is 18.0 Å². The number of piperidine rings is 1. The summed E-state index contributed by atoms with van der Waals surface area (Å²) in [6.45, 7) is 7.81. The number of carbonyl (C=O) groups excluding carboxylic acids is 2. The Hall–Kier alpha value is -4.00. The van der Waals surface area contributed by atoms with Crippen LogP contribution in [0.5, 0.6) is 0 Å². The number of anilines is 1. The molecule has 3 aromatic rings. The van der Waals surface area contributed by atoms with Gasteiger partial charge in [-0.25, -0.2) is 17.6 Å². The third-order valence-corrected chi connectivity index (χ3v) is 14.7. The number of ether oxygens (including phenoxy) is 1. The zero-order valence-electron chi connectivity index (χ0n) is 32.5. The van der Waals surface area contributed by atoms with Crippen LogP contribution in [0.2, 0.25) is 0 Å². The van der Waals surface area contributed by atoms with Crippen molar-refractivity contribution in [3.8, 4) is 0 Å². The Labute approximate surface area is 325 Å². The van der Waals surface area contributed by atoms with Gasteiger partial charge in [-0.3, -0.25) is 4.79 Å². The number of nitrogens with zero attached hydrogens (tertiary/aromatic N) is 4. The molecule has 4 atom stereocenters. The largest absolute Gasteiger partial charge is 0.453 e. The van der Waals surface area contributed by atoms with Gasteiger partial charge in [-0.05, 0) is 149 Å². The predicted molar refractivity (Wildman–Crippen MR) is 212 cm³/mol. The highest BCUT2D eigenvalue weighted by molar-refractivity contribution is 7.91. The molecule has 4 fully saturated rings. The summed E-state index contributed by atoms with van der Waals surface area (Å²) in [7, 11) is 1.02. The Morgan fingerprint density at radius 3 is 2.16 bits per heavy atom. The van der Waals surface area contributed by atoms with Crippen LogP contribution >= 0.6 is 0 Å². The molecule has 3 aromatic carbocycles. The lowest BCUT2D eigenvalue weighted by molar-refractivity contribution is 0.0235. The van der Waals surface area contributed by atoms with Crippen LogP contribution in [0.15, 0.2) is 82.6 Å². The number of nitrogens with one attached hydrogen (secondary N) is 1. The summed E-state index contributed by atoms with van der Waals surface area (Å²) in [4.78, 5) is 34.1. The molecule has 0 unspecified atom stereocenters. The first-order chi connectivity index (χ1) is 26.5. The van der Waals surface area contributed by atoms with E-state index in [-0.39, 0.29) is 38.9 Å². The summed E-state index contributed by atoms with van der Waals surface area (Å²) in [5.74, 6) is 0.663. The lowest BCUT2D eigenvalue weighted by Crippen LogP contribution is -2.59. The number of halogens is 1. The first-order valence-corrected chi connectivity index (χ1v) is 21.4. The van der Waals surface area contributed by atoms with Crippen molar-refractivity contribution in [1.29, 1.82) is 0 Å². The van der Waals surface area contributed by atoms with Crippen LogP contribution in [0.4, 0.5) is 14.9 Å². The highest BCUT2D eigenvalue weighted by Gasteiger charge is 2.53. The molecule has 0 aromatic heterocycles. The summed E-state index contributed by atoms with van der Waals surface area (Å²) < 4.78 is 46.9. The molecule has 1 N–H and O–H groups in total. The van der Waals surface area contributed by atoms with Crippen LogP contribution in [-0.4, -0.2) is 115 Å². The molecular formula is C43H56FN5O5S. The van der Waals surface area contributed by atoms with Gasteiger partial charge in [0.05, 0.1) is 16.9 Å². The maximum Gasteiger partial charge on any atom is 0.407 e. The molecule has 3 aliphatic heterocycles. The van der Waals surface area contributed by atoms with E-state index in [1.807, 2.05) is 18.2 Å². The van der Waals surface area contributed by atoms with Crippen molar-refractivity contribution in [2.45, 2.75) is 66.2 Å². The lowest BCUT2D eigenvalue weighted by Gasteiger charge is -2.53. The molecule has 12 heteroatoms.